The molecule has 0 aliphatic rings. The highest BCUT2D eigenvalue weighted by Gasteiger charge is 2.16. The maximum atomic E-state index is 8.87. The minimum absolute atomic E-state index is 0.132. The van der Waals surface area contributed by atoms with Gasteiger partial charge in [0.05, 0.1) is 0 Å². The normalized spacial score (nSPS) is 15.0. The molecule has 0 saturated carbocycles. The lowest BCUT2D eigenvalue weighted by molar-refractivity contribution is -0.122. The third-order valence-corrected chi connectivity index (χ3v) is 1.17. The van der Waals surface area contributed by atoms with Gasteiger partial charge in [-0.3, -0.25) is 4.79 Å². The van der Waals surface area contributed by atoms with E-state index in [2.05, 4.69) is 0 Å². The Bertz CT molecular complexity index is 85.5. The molecule has 0 aliphatic heterocycles. The van der Waals surface area contributed by atoms with Gasteiger partial charge in [-0.2, -0.15) is 0 Å². The van der Waals surface area contributed by atoms with Gasteiger partial charge in [0.15, 0.2) is 0 Å². The molecule has 62 valence electrons. The van der Waals surface area contributed by atoms with Gasteiger partial charge in [-0.05, 0) is 12.8 Å². The predicted octanol–water partition coefficient (Wildman–Crippen LogP) is 0.0104. The largest absolute Gasteiger partial charge is 0.483 e. The van der Waals surface area contributed by atoms with Crippen LogP contribution in [0.25, 0.3) is 0 Å². The van der Waals surface area contributed by atoms with Gasteiger partial charge >= 0.3 is 0 Å². The summed E-state index contributed by atoms with van der Waals surface area (Å²) in [4.78, 5) is 8.36. The third kappa shape index (κ3) is 10.4. The Morgan fingerprint density at radius 1 is 1.60 bits per heavy atom. The van der Waals surface area contributed by atoms with Gasteiger partial charge < -0.3 is 15.9 Å². The summed E-state index contributed by atoms with van der Waals surface area (Å²) in [6.45, 7) is 5.09. The van der Waals surface area contributed by atoms with Crippen LogP contribution in [0.2, 0.25) is 0 Å². The van der Waals surface area contributed by atoms with Crippen LogP contribution < -0.4 is 5.73 Å². The minimum Gasteiger partial charge on any atom is -0.483 e. The fourth-order valence-corrected chi connectivity index (χ4v) is 0. The average Bonchev–Trinajstić information content (AvgIpc) is 1.64. The summed E-state index contributed by atoms with van der Waals surface area (Å²) >= 11 is 0. The van der Waals surface area contributed by atoms with Crippen LogP contribution in [0.1, 0.15) is 20.8 Å². The van der Waals surface area contributed by atoms with Crippen LogP contribution >= 0.6 is 0 Å². The van der Waals surface area contributed by atoms with Crippen molar-refractivity contribution in [2.24, 2.45) is 11.7 Å². The lowest BCUT2D eigenvalue weighted by Gasteiger charge is -2.20. The lowest BCUT2D eigenvalue weighted by atomic mass is 10.0. The van der Waals surface area contributed by atoms with Crippen molar-refractivity contribution in [1.82, 2.24) is 0 Å². The Kier molecular flexibility index (Phi) is 6.29. The van der Waals surface area contributed by atoms with Crippen LogP contribution in [0.3, 0.4) is 0 Å². The topological polar surface area (TPSA) is 83.5 Å². The molecule has 0 amide bonds. The number of nitrogens with two attached hydrogens (primary N) is 1. The molecule has 10 heavy (non-hydrogen) atoms. The maximum Gasteiger partial charge on any atom is 0.290 e. The van der Waals surface area contributed by atoms with Crippen molar-refractivity contribution in [2.45, 2.75) is 26.5 Å². The van der Waals surface area contributed by atoms with E-state index in [1.165, 1.54) is 0 Å². The number of rotatable bonds is 1. The van der Waals surface area contributed by atoms with Gasteiger partial charge in [0.25, 0.3) is 6.47 Å². The standard InChI is InChI=1S/C5H13NO.CH2O2/c1-4(2)5(3,6)7;2-1-3/h4,7H,6H2,1-3H3;1H,(H,2,3). The number of aliphatic hydroxyl groups is 1. The predicted molar refractivity (Wildman–Crippen MR) is 38.3 cm³/mol. The van der Waals surface area contributed by atoms with Crippen LogP contribution in [0.4, 0.5) is 0 Å². The molecular weight excluding hydrogens is 134 g/mol. The number of hydrogen-bond acceptors (Lipinski definition) is 3. The molecule has 0 saturated heterocycles. The summed E-state index contributed by atoms with van der Waals surface area (Å²) in [5, 5.41) is 15.8. The highest BCUT2D eigenvalue weighted by Crippen LogP contribution is 2.06. The zero-order valence-electron chi connectivity index (χ0n) is 6.53. The van der Waals surface area contributed by atoms with Crippen molar-refractivity contribution in [3.8, 4) is 0 Å². The smallest absolute Gasteiger partial charge is 0.290 e. The first-order valence-corrected chi connectivity index (χ1v) is 2.95. The van der Waals surface area contributed by atoms with Crippen LogP contribution in [0.5, 0.6) is 0 Å². The van der Waals surface area contributed by atoms with E-state index in [-0.39, 0.29) is 12.4 Å². The monoisotopic (exact) mass is 149 g/mol. The molecule has 0 aromatic carbocycles. The van der Waals surface area contributed by atoms with E-state index in [9.17, 15) is 0 Å². The Hall–Kier alpha value is -0.610. The van der Waals surface area contributed by atoms with Crippen LogP contribution in [-0.4, -0.2) is 22.4 Å². The van der Waals surface area contributed by atoms with Crippen LogP contribution in [0, 0.1) is 5.92 Å². The van der Waals surface area contributed by atoms with E-state index in [4.69, 9.17) is 20.7 Å². The van der Waals surface area contributed by atoms with E-state index in [0.29, 0.717) is 0 Å². The SMILES string of the molecule is CC(C)C(C)(N)O.O=CO. The van der Waals surface area contributed by atoms with Crippen molar-refractivity contribution >= 4 is 6.47 Å². The summed E-state index contributed by atoms with van der Waals surface area (Å²) in [5.41, 5.74) is 4.23. The van der Waals surface area contributed by atoms with E-state index in [1.807, 2.05) is 13.8 Å². The minimum atomic E-state index is -1.00. The van der Waals surface area contributed by atoms with E-state index in [0.717, 1.165) is 0 Å². The third-order valence-electron chi connectivity index (χ3n) is 1.17. The summed E-state index contributed by atoms with van der Waals surface area (Å²) in [6, 6.07) is 0. The van der Waals surface area contributed by atoms with Gasteiger partial charge in [-0.15, -0.1) is 0 Å². The molecule has 0 heterocycles. The lowest BCUT2D eigenvalue weighted by Crippen LogP contribution is -2.41. The highest BCUT2D eigenvalue weighted by molar-refractivity contribution is 5.32. The molecule has 4 N–H and O–H groups in total. The van der Waals surface area contributed by atoms with Gasteiger partial charge in [-0.25, -0.2) is 0 Å². The molecule has 0 radical (unpaired) electrons. The molecule has 0 bridgehead atoms. The second kappa shape index (κ2) is 5.20. The second-order valence-corrected chi connectivity index (χ2v) is 2.49. The first-order valence-electron chi connectivity index (χ1n) is 2.95. The van der Waals surface area contributed by atoms with Crippen LogP contribution in [-0.2, 0) is 4.79 Å². The number of carboxylic acid groups (broad SMARTS) is 1. The van der Waals surface area contributed by atoms with Gasteiger partial charge in [-0.1, -0.05) is 13.8 Å². The Morgan fingerprint density at radius 3 is 1.70 bits per heavy atom. The van der Waals surface area contributed by atoms with Crippen molar-refractivity contribution in [3.63, 3.8) is 0 Å². The second-order valence-electron chi connectivity index (χ2n) is 2.49. The fraction of sp³-hybridized carbons (Fsp3) is 0.833. The molecule has 1 atom stereocenters. The first kappa shape index (κ1) is 12.1. The average molecular weight is 149 g/mol. The van der Waals surface area contributed by atoms with Crippen molar-refractivity contribution in [2.75, 3.05) is 0 Å². The molecule has 0 aromatic heterocycles. The molecular formula is C6H15NO3. The Balaban J connectivity index is 0. The molecule has 4 nitrogen and oxygen atoms in total. The number of carbonyl (C=O) groups is 1. The summed E-state index contributed by atoms with van der Waals surface area (Å²) < 4.78 is 0. The fourth-order valence-electron chi connectivity index (χ4n) is 0. The quantitative estimate of drug-likeness (QED) is 0.362. The summed E-state index contributed by atoms with van der Waals surface area (Å²) in [7, 11) is 0. The van der Waals surface area contributed by atoms with Gasteiger partial charge in [0, 0.05) is 0 Å². The van der Waals surface area contributed by atoms with Crippen molar-refractivity contribution in [3.05, 3.63) is 0 Å². The van der Waals surface area contributed by atoms with E-state index < -0.39 is 5.72 Å². The maximum absolute atomic E-state index is 8.87. The first-order chi connectivity index (χ1) is 4.36. The summed E-state index contributed by atoms with van der Waals surface area (Å²) in [6.07, 6.45) is 0. The zero-order chi connectivity index (χ0) is 8.78. The molecule has 0 aliphatic carbocycles. The van der Waals surface area contributed by atoms with E-state index in [1.54, 1.807) is 6.92 Å². The molecule has 0 aromatic rings. The van der Waals surface area contributed by atoms with Crippen molar-refractivity contribution in [1.29, 1.82) is 0 Å². The molecule has 0 spiro atoms. The molecule has 0 fully saturated rings. The van der Waals surface area contributed by atoms with Gasteiger partial charge in [0.2, 0.25) is 0 Å². The zero-order valence-corrected chi connectivity index (χ0v) is 6.53. The molecule has 4 heteroatoms. The molecule has 0 rings (SSSR count). The number of hydrogen-bond donors (Lipinski definition) is 3. The highest BCUT2D eigenvalue weighted by atomic mass is 16.3. The van der Waals surface area contributed by atoms with Crippen LogP contribution in [0.15, 0.2) is 0 Å². The Labute approximate surface area is 60.7 Å². The Morgan fingerprint density at radius 2 is 1.70 bits per heavy atom. The van der Waals surface area contributed by atoms with Gasteiger partial charge in [0.1, 0.15) is 5.72 Å². The summed E-state index contributed by atoms with van der Waals surface area (Å²) in [5.74, 6) is 0.132. The van der Waals surface area contributed by atoms with E-state index >= 15 is 0 Å². The molecule has 1 unspecified atom stereocenters. The van der Waals surface area contributed by atoms with Crippen molar-refractivity contribution < 1.29 is 15.0 Å².